The molecule has 0 radical (unpaired) electrons. The van der Waals surface area contributed by atoms with E-state index in [2.05, 4.69) is 22.0 Å². The molecule has 2 atom stereocenters. The topological polar surface area (TPSA) is 26.3 Å². The van der Waals surface area contributed by atoms with Gasteiger partial charge in [-0.2, -0.15) is 0 Å². The monoisotopic (exact) mass is 254 g/mol. The van der Waals surface area contributed by atoms with E-state index in [4.69, 9.17) is 4.74 Å². The Bertz CT molecular complexity index is 362. The largest absolute Gasteiger partial charge is 0.469 e. The van der Waals surface area contributed by atoms with Gasteiger partial charge in [-0.15, -0.1) is 0 Å². The van der Waals surface area contributed by atoms with Crippen molar-refractivity contribution >= 4 is 21.9 Å². The lowest BCUT2D eigenvalue weighted by atomic mass is 10.1. The summed E-state index contributed by atoms with van der Waals surface area (Å²) in [6, 6.07) is 8.02. The minimum absolute atomic E-state index is 0.0682. The fourth-order valence-corrected chi connectivity index (χ4v) is 2.31. The lowest BCUT2D eigenvalue weighted by Crippen LogP contribution is -2.03. The predicted octanol–water partition coefficient (Wildman–Crippen LogP) is 2.73. The smallest absolute Gasteiger partial charge is 0.309 e. The molecule has 3 heteroatoms. The van der Waals surface area contributed by atoms with Gasteiger partial charge in [0.1, 0.15) is 0 Å². The first kappa shape index (κ1) is 9.71. The van der Waals surface area contributed by atoms with Crippen LogP contribution in [0.1, 0.15) is 17.9 Å². The molecular formula is C11H11BrO2. The number of hydrogen-bond acceptors (Lipinski definition) is 2. The van der Waals surface area contributed by atoms with Gasteiger partial charge in [0, 0.05) is 4.47 Å². The van der Waals surface area contributed by atoms with E-state index < -0.39 is 0 Å². The van der Waals surface area contributed by atoms with Gasteiger partial charge in [0.25, 0.3) is 0 Å². The van der Waals surface area contributed by atoms with Crippen molar-refractivity contribution in [3.8, 4) is 0 Å². The van der Waals surface area contributed by atoms with Crippen LogP contribution in [0.3, 0.4) is 0 Å². The Balaban J connectivity index is 2.13. The Labute approximate surface area is 91.4 Å². The summed E-state index contributed by atoms with van der Waals surface area (Å²) in [6.45, 7) is 0. The maximum atomic E-state index is 11.2. The maximum absolute atomic E-state index is 11.2. The number of esters is 1. The standard InChI is InChI=1S/C11H11BrO2/c1-14-11(13)9-6-8(9)7-4-2-3-5-10(7)12/h2-5,8-9H,6H2,1H3/t8-,9+/m1/s1. The first-order valence-electron chi connectivity index (χ1n) is 4.56. The lowest BCUT2D eigenvalue weighted by Gasteiger charge is -2.02. The molecule has 0 saturated heterocycles. The molecule has 0 aliphatic heterocycles. The van der Waals surface area contributed by atoms with Crippen molar-refractivity contribution in [2.45, 2.75) is 12.3 Å². The van der Waals surface area contributed by atoms with Gasteiger partial charge >= 0.3 is 5.97 Å². The summed E-state index contributed by atoms with van der Waals surface area (Å²) in [5, 5.41) is 0. The molecule has 0 bridgehead atoms. The first-order valence-corrected chi connectivity index (χ1v) is 5.35. The molecule has 1 aliphatic carbocycles. The van der Waals surface area contributed by atoms with Crippen LogP contribution < -0.4 is 0 Å². The molecular weight excluding hydrogens is 244 g/mol. The van der Waals surface area contributed by atoms with Gasteiger partial charge < -0.3 is 4.74 Å². The Kier molecular flexibility index (Phi) is 2.59. The van der Waals surface area contributed by atoms with Gasteiger partial charge in [-0.3, -0.25) is 4.79 Å². The molecule has 0 amide bonds. The minimum atomic E-state index is -0.0919. The molecule has 0 heterocycles. The Hall–Kier alpha value is -0.830. The molecule has 1 saturated carbocycles. The maximum Gasteiger partial charge on any atom is 0.309 e. The molecule has 0 aromatic heterocycles. The van der Waals surface area contributed by atoms with Crippen LogP contribution in [0.2, 0.25) is 0 Å². The average Bonchev–Trinajstić information content (AvgIpc) is 2.97. The molecule has 1 aromatic carbocycles. The van der Waals surface area contributed by atoms with E-state index in [1.54, 1.807) is 0 Å². The number of halogens is 1. The van der Waals surface area contributed by atoms with Gasteiger partial charge in [0.2, 0.25) is 0 Å². The zero-order valence-electron chi connectivity index (χ0n) is 7.87. The summed E-state index contributed by atoms with van der Waals surface area (Å²) in [5.74, 6) is 0.322. The highest BCUT2D eigenvalue weighted by Gasteiger charge is 2.45. The van der Waals surface area contributed by atoms with E-state index in [9.17, 15) is 4.79 Å². The first-order chi connectivity index (χ1) is 6.74. The quantitative estimate of drug-likeness (QED) is 0.759. The molecule has 0 unspecified atom stereocenters. The average molecular weight is 255 g/mol. The Morgan fingerprint density at radius 3 is 2.86 bits per heavy atom. The van der Waals surface area contributed by atoms with Gasteiger partial charge in [-0.25, -0.2) is 0 Å². The number of methoxy groups -OCH3 is 1. The van der Waals surface area contributed by atoms with Gasteiger partial charge in [0.05, 0.1) is 13.0 Å². The van der Waals surface area contributed by atoms with Crippen LogP contribution in [0.25, 0.3) is 0 Å². The second-order valence-corrected chi connectivity index (χ2v) is 4.35. The summed E-state index contributed by atoms with van der Waals surface area (Å²) in [4.78, 5) is 11.2. The van der Waals surface area contributed by atoms with Gasteiger partial charge in [-0.05, 0) is 24.0 Å². The minimum Gasteiger partial charge on any atom is -0.469 e. The summed E-state index contributed by atoms with van der Waals surface area (Å²) in [6.07, 6.45) is 0.912. The predicted molar refractivity (Wildman–Crippen MR) is 57.0 cm³/mol. The zero-order chi connectivity index (χ0) is 10.1. The van der Waals surface area contributed by atoms with Crippen molar-refractivity contribution in [2.75, 3.05) is 7.11 Å². The molecule has 1 aliphatic rings. The molecule has 0 N–H and O–H groups in total. The number of rotatable bonds is 2. The highest BCUT2D eigenvalue weighted by molar-refractivity contribution is 9.10. The fraction of sp³-hybridized carbons (Fsp3) is 0.364. The lowest BCUT2D eigenvalue weighted by molar-refractivity contribution is -0.142. The molecule has 2 rings (SSSR count). The van der Waals surface area contributed by atoms with Crippen molar-refractivity contribution in [1.29, 1.82) is 0 Å². The molecule has 1 aromatic rings. The molecule has 14 heavy (non-hydrogen) atoms. The van der Waals surface area contributed by atoms with Crippen LogP contribution in [-0.4, -0.2) is 13.1 Å². The van der Waals surface area contributed by atoms with E-state index >= 15 is 0 Å². The third-order valence-corrected chi connectivity index (χ3v) is 3.32. The van der Waals surface area contributed by atoms with E-state index in [1.807, 2.05) is 18.2 Å². The van der Waals surface area contributed by atoms with Crippen LogP contribution in [0.4, 0.5) is 0 Å². The third-order valence-electron chi connectivity index (χ3n) is 2.60. The van der Waals surface area contributed by atoms with Crippen molar-refractivity contribution < 1.29 is 9.53 Å². The highest BCUT2D eigenvalue weighted by atomic mass is 79.9. The Morgan fingerprint density at radius 2 is 2.21 bits per heavy atom. The third kappa shape index (κ3) is 1.69. The van der Waals surface area contributed by atoms with Crippen LogP contribution in [0, 0.1) is 5.92 Å². The van der Waals surface area contributed by atoms with Crippen molar-refractivity contribution in [2.24, 2.45) is 5.92 Å². The Morgan fingerprint density at radius 1 is 1.50 bits per heavy atom. The summed E-state index contributed by atoms with van der Waals surface area (Å²) in [7, 11) is 1.44. The number of benzene rings is 1. The van der Waals surface area contributed by atoms with Crippen molar-refractivity contribution in [3.05, 3.63) is 34.3 Å². The SMILES string of the molecule is COC(=O)[C@H]1C[C@@H]1c1ccccc1Br. The van der Waals surface area contributed by atoms with Crippen LogP contribution in [-0.2, 0) is 9.53 Å². The molecule has 1 fully saturated rings. The molecule has 2 nitrogen and oxygen atoms in total. The van der Waals surface area contributed by atoms with Crippen molar-refractivity contribution in [1.82, 2.24) is 0 Å². The van der Waals surface area contributed by atoms with E-state index in [0.717, 1.165) is 10.9 Å². The van der Waals surface area contributed by atoms with Crippen molar-refractivity contribution in [3.63, 3.8) is 0 Å². The van der Waals surface area contributed by atoms with Crippen LogP contribution >= 0.6 is 15.9 Å². The number of hydrogen-bond donors (Lipinski definition) is 0. The number of carbonyl (C=O) groups is 1. The van der Waals surface area contributed by atoms with Gasteiger partial charge in [0.15, 0.2) is 0 Å². The molecule has 74 valence electrons. The second-order valence-electron chi connectivity index (χ2n) is 3.49. The normalized spacial score (nSPS) is 24.4. The van der Waals surface area contributed by atoms with Crippen LogP contribution in [0.15, 0.2) is 28.7 Å². The van der Waals surface area contributed by atoms with Crippen LogP contribution in [0.5, 0.6) is 0 Å². The number of ether oxygens (including phenoxy) is 1. The fourth-order valence-electron chi connectivity index (χ4n) is 1.73. The zero-order valence-corrected chi connectivity index (χ0v) is 9.45. The summed E-state index contributed by atoms with van der Waals surface area (Å²) in [5.41, 5.74) is 1.21. The number of carbonyl (C=O) groups excluding carboxylic acids is 1. The summed E-state index contributed by atoms with van der Waals surface area (Å²) >= 11 is 3.48. The second kappa shape index (κ2) is 3.73. The van der Waals surface area contributed by atoms with E-state index in [0.29, 0.717) is 5.92 Å². The van der Waals surface area contributed by atoms with Gasteiger partial charge in [-0.1, -0.05) is 34.1 Å². The van der Waals surface area contributed by atoms with E-state index in [-0.39, 0.29) is 11.9 Å². The van der Waals surface area contributed by atoms with E-state index in [1.165, 1.54) is 12.7 Å². The summed E-state index contributed by atoms with van der Waals surface area (Å²) < 4.78 is 5.79. The molecule has 0 spiro atoms. The highest BCUT2D eigenvalue weighted by Crippen LogP contribution is 2.49.